The van der Waals surface area contributed by atoms with Crippen molar-refractivity contribution < 1.29 is 23.0 Å². The van der Waals surface area contributed by atoms with Gasteiger partial charge >= 0.3 is 6.03 Å². The number of anilines is 5. The smallest absolute Gasteiger partial charge is 0.323 e. The van der Waals surface area contributed by atoms with Crippen molar-refractivity contribution in [3.8, 4) is 11.4 Å². The highest BCUT2D eigenvalue weighted by atomic mass is 19.1. The molecule has 3 aromatic rings. The van der Waals surface area contributed by atoms with Crippen LogP contribution in [0.3, 0.4) is 0 Å². The molecule has 0 saturated carbocycles. The molecule has 1 aromatic heterocycles. The van der Waals surface area contributed by atoms with E-state index in [1.165, 1.54) is 0 Å². The van der Waals surface area contributed by atoms with Crippen molar-refractivity contribution in [2.45, 2.75) is 69.2 Å². The molecule has 6 unspecified atom stereocenters. The Labute approximate surface area is 284 Å². The maximum atomic E-state index is 15.0. The lowest BCUT2D eigenvalue weighted by Gasteiger charge is -2.38. The van der Waals surface area contributed by atoms with Gasteiger partial charge in [-0.2, -0.15) is 15.0 Å². The predicted octanol–water partition coefficient (Wildman–Crippen LogP) is 4.34. The molecule has 5 aliphatic heterocycles. The first-order valence-corrected chi connectivity index (χ1v) is 17.3. The molecule has 5 fully saturated rings. The van der Waals surface area contributed by atoms with Gasteiger partial charge in [-0.25, -0.2) is 13.6 Å². The zero-order chi connectivity index (χ0) is 33.6. The summed E-state index contributed by atoms with van der Waals surface area (Å²) in [5.74, 6) is 1.12. The Morgan fingerprint density at radius 2 is 1.24 bits per heavy atom. The number of ether oxygens (including phenoxy) is 2. The van der Waals surface area contributed by atoms with Crippen molar-refractivity contribution in [3.05, 3.63) is 48.5 Å². The number of aromatic nitrogens is 3. The number of halogens is 2. The van der Waals surface area contributed by atoms with E-state index in [9.17, 15) is 13.6 Å². The molecular formula is C35H43F2N9O3. The summed E-state index contributed by atoms with van der Waals surface area (Å²) in [5.41, 5.74) is 3.12. The molecule has 5 saturated heterocycles. The fourth-order valence-corrected chi connectivity index (χ4v) is 7.85. The molecule has 5 aliphatic rings. The molecule has 12 nitrogen and oxygen atoms in total. The fourth-order valence-electron chi connectivity index (χ4n) is 7.85. The monoisotopic (exact) mass is 675 g/mol. The van der Waals surface area contributed by atoms with Gasteiger partial charge in [0.2, 0.25) is 11.9 Å². The Bertz CT molecular complexity index is 1590. The number of fused-ring (bicyclic) bond motifs is 4. The highest BCUT2D eigenvalue weighted by molar-refractivity contribution is 6.00. The average Bonchev–Trinajstić information content (AvgIpc) is 3.42. The molecule has 8 rings (SSSR count). The number of alkyl halides is 2. The van der Waals surface area contributed by atoms with Crippen molar-refractivity contribution in [2.75, 3.05) is 77.9 Å². The summed E-state index contributed by atoms with van der Waals surface area (Å²) in [6, 6.07) is 14.0. The second-order valence-corrected chi connectivity index (χ2v) is 13.9. The highest BCUT2D eigenvalue weighted by Crippen LogP contribution is 2.38. The molecule has 2 N–H and O–H groups in total. The zero-order valence-electron chi connectivity index (χ0n) is 27.8. The number of nitrogens with one attached hydrogen (secondary N) is 2. The van der Waals surface area contributed by atoms with Crippen molar-refractivity contribution in [1.82, 2.24) is 19.9 Å². The molecule has 6 atom stereocenters. The quantitative estimate of drug-likeness (QED) is 0.375. The number of carbonyl (C=O) groups excluding carboxylic acids is 1. The summed E-state index contributed by atoms with van der Waals surface area (Å²) < 4.78 is 41.3. The van der Waals surface area contributed by atoms with E-state index in [1.54, 1.807) is 12.1 Å². The molecule has 2 aromatic carbocycles. The van der Waals surface area contributed by atoms with Gasteiger partial charge in [-0.05, 0) is 62.4 Å². The first kappa shape index (κ1) is 32.1. The number of piperazine rings is 1. The Morgan fingerprint density at radius 3 is 1.73 bits per heavy atom. The number of amides is 2. The van der Waals surface area contributed by atoms with Crippen LogP contribution >= 0.6 is 0 Å². The summed E-state index contributed by atoms with van der Waals surface area (Å²) in [6.45, 7) is 9.80. The van der Waals surface area contributed by atoms with Crippen LogP contribution in [0.5, 0.6) is 0 Å². The Kier molecular flexibility index (Phi) is 8.70. The standard InChI is InChI=1S/C35H43F2N9O3/c1-21(2)43-11-13-44(14-12-43)25-9-7-24(8-10-25)39-35(47)38-23-5-3-22(4-6-23)32-40-33(45-26-15-28(36)30(45)19-48-17-26)42-34(41-32)46-27-16-29(37)31(46)20-49-18-27/h3-10,21,26-31H,11-20H2,1-2H3,(H2,38,39,47). The third-order valence-corrected chi connectivity index (χ3v) is 10.5. The van der Waals surface area contributed by atoms with E-state index in [0.29, 0.717) is 66.8 Å². The number of carbonyl (C=O) groups is 1. The van der Waals surface area contributed by atoms with Gasteiger partial charge < -0.3 is 34.8 Å². The minimum atomic E-state index is -1.05. The number of hydrogen-bond donors (Lipinski definition) is 2. The van der Waals surface area contributed by atoms with Gasteiger partial charge in [0, 0.05) is 67.7 Å². The predicted molar refractivity (Wildman–Crippen MR) is 184 cm³/mol. The third-order valence-electron chi connectivity index (χ3n) is 10.5. The fraction of sp³-hybridized carbons (Fsp3) is 0.543. The maximum Gasteiger partial charge on any atom is 0.323 e. The van der Waals surface area contributed by atoms with E-state index >= 15 is 0 Å². The molecule has 0 radical (unpaired) electrons. The first-order chi connectivity index (χ1) is 23.8. The lowest BCUT2D eigenvalue weighted by molar-refractivity contribution is 0.0810. The molecule has 2 amide bonds. The van der Waals surface area contributed by atoms with Gasteiger partial charge in [-0.15, -0.1) is 0 Å². The summed E-state index contributed by atoms with van der Waals surface area (Å²) in [7, 11) is 0. The van der Waals surface area contributed by atoms with Crippen LogP contribution in [0.15, 0.2) is 48.5 Å². The van der Waals surface area contributed by atoms with Crippen molar-refractivity contribution in [3.63, 3.8) is 0 Å². The summed E-state index contributed by atoms with van der Waals surface area (Å²) in [4.78, 5) is 36.0. The summed E-state index contributed by atoms with van der Waals surface area (Å²) >= 11 is 0. The van der Waals surface area contributed by atoms with Crippen LogP contribution in [0.25, 0.3) is 11.4 Å². The van der Waals surface area contributed by atoms with Gasteiger partial charge in [0.25, 0.3) is 0 Å². The van der Waals surface area contributed by atoms with E-state index in [0.717, 1.165) is 31.9 Å². The number of morpholine rings is 2. The van der Waals surface area contributed by atoms with E-state index in [1.807, 2.05) is 46.2 Å². The van der Waals surface area contributed by atoms with Gasteiger partial charge in [0.05, 0.1) is 50.6 Å². The van der Waals surface area contributed by atoms with Crippen LogP contribution in [0.4, 0.5) is 42.5 Å². The van der Waals surface area contributed by atoms with Crippen LogP contribution in [0, 0.1) is 0 Å². The minimum Gasteiger partial charge on any atom is -0.377 e. The molecule has 49 heavy (non-hydrogen) atoms. The molecule has 260 valence electrons. The zero-order valence-corrected chi connectivity index (χ0v) is 27.8. The molecule has 0 aliphatic carbocycles. The Balaban J connectivity index is 0.973. The van der Waals surface area contributed by atoms with Crippen LogP contribution in [-0.2, 0) is 9.47 Å². The second kappa shape index (κ2) is 13.3. The Morgan fingerprint density at radius 1 is 0.735 bits per heavy atom. The van der Waals surface area contributed by atoms with Crippen LogP contribution in [-0.4, -0.2) is 121 Å². The van der Waals surface area contributed by atoms with Crippen LogP contribution in [0.2, 0.25) is 0 Å². The van der Waals surface area contributed by atoms with E-state index in [2.05, 4.69) is 34.3 Å². The number of nitrogens with zero attached hydrogens (tertiary/aromatic N) is 7. The topological polar surface area (TPSA) is 111 Å². The number of hydrogen-bond acceptors (Lipinski definition) is 10. The van der Waals surface area contributed by atoms with E-state index < -0.39 is 24.4 Å². The third kappa shape index (κ3) is 6.37. The van der Waals surface area contributed by atoms with Gasteiger partial charge in [-0.1, -0.05) is 0 Å². The van der Waals surface area contributed by atoms with Crippen LogP contribution < -0.4 is 25.3 Å². The number of rotatable bonds is 7. The van der Waals surface area contributed by atoms with Crippen molar-refractivity contribution in [1.29, 1.82) is 0 Å². The maximum absolute atomic E-state index is 15.0. The highest BCUT2D eigenvalue weighted by Gasteiger charge is 2.49. The van der Waals surface area contributed by atoms with E-state index in [4.69, 9.17) is 24.4 Å². The van der Waals surface area contributed by atoms with Crippen molar-refractivity contribution in [2.24, 2.45) is 0 Å². The molecule has 4 bridgehead atoms. The van der Waals surface area contributed by atoms with Gasteiger partial charge in [0.1, 0.15) is 12.3 Å². The van der Waals surface area contributed by atoms with Crippen molar-refractivity contribution >= 4 is 35.0 Å². The molecule has 0 spiro atoms. The Hall–Kier alpha value is -4.14. The van der Waals surface area contributed by atoms with E-state index in [-0.39, 0.29) is 31.3 Å². The summed E-state index contributed by atoms with van der Waals surface area (Å²) in [6.07, 6.45) is -1.41. The van der Waals surface area contributed by atoms with Crippen LogP contribution in [0.1, 0.15) is 26.7 Å². The SMILES string of the molecule is CC(C)N1CCN(c2ccc(NC(=O)Nc3ccc(-c4nc(N5C6COCC5C(F)C6)nc(N5C6COCC5C(F)C6)n4)cc3)cc2)CC1. The summed E-state index contributed by atoms with van der Waals surface area (Å²) in [5, 5.41) is 5.80. The molecule has 6 heterocycles. The lowest BCUT2D eigenvalue weighted by atomic mass is 10.2. The second-order valence-electron chi connectivity index (χ2n) is 13.9. The average molecular weight is 676 g/mol. The number of benzene rings is 2. The lowest BCUT2D eigenvalue weighted by Crippen LogP contribution is -2.50. The first-order valence-electron chi connectivity index (χ1n) is 17.3. The number of urea groups is 1. The van der Waals surface area contributed by atoms with Gasteiger partial charge in [0.15, 0.2) is 5.82 Å². The molecule has 14 heteroatoms. The minimum absolute atomic E-state index is 0.186. The normalized spacial score (nSPS) is 28.3. The largest absolute Gasteiger partial charge is 0.377 e. The molecular weight excluding hydrogens is 632 g/mol. The van der Waals surface area contributed by atoms with Gasteiger partial charge in [-0.3, -0.25) is 4.90 Å².